The third-order valence-corrected chi connectivity index (χ3v) is 12.9. The van der Waals surface area contributed by atoms with Crippen LogP contribution in [0, 0.1) is 0 Å². The van der Waals surface area contributed by atoms with Crippen LogP contribution in [-0.2, 0) is 28.6 Å². The molecule has 382 valence electrons. The standard InChI is InChI=1S/C59H110O6/c1-4-7-10-13-16-19-22-24-26-28-29-31-32-34-37-40-43-46-49-52-58(61)64-55-56(54-63-57(60)51-48-45-42-39-36-21-18-15-12-9-6-3)65-59(62)53-50-47-44-41-38-35-33-30-27-25-23-20-17-14-11-8-5-2/h15,18,24,26,56H,4-14,16-17,19-23,25,27-55H2,1-3H3/b18-15-,26-24-. The topological polar surface area (TPSA) is 78.9 Å². The predicted octanol–water partition coefficient (Wildman–Crippen LogP) is 19.1. The van der Waals surface area contributed by atoms with Crippen molar-refractivity contribution in [1.82, 2.24) is 0 Å². The zero-order chi connectivity index (χ0) is 47.2. The molecule has 0 bridgehead atoms. The van der Waals surface area contributed by atoms with E-state index >= 15 is 0 Å². The molecule has 0 rings (SSSR count). The molecule has 0 aliphatic rings. The van der Waals surface area contributed by atoms with Gasteiger partial charge in [0.05, 0.1) is 0 Å². The normalized spacial score (nSPS) is 12.1. The van der Waals surface area contributed by atoms with Gasteiger partial charge in [-0.1, -0.05) is 257 Å². The first-order valence-corrected chi connectivity index (χ1v) is 28.8. The van der Waals surface area contributed by atoms with E-state index in [0.29, 0.717) is 19.3 Å². The number of carbonyl (C=O) groups excluding carboxylic acids is 3. The van der Waals surface area contributed by atoms with Gasteiger partial charge >= 0.3 is 17.9 Å². The fourth-order valence-corrected chi connectivity index (χ4v) is 8.54. The summed E-state index contributed by atoms with van der Waals surface area (Å²) in [7, 11) is 0. The summed E-state index contributed by atoms with van der Waals surface area (Å²) < 4.78 is 16.9. The minimum absolute atomic E-state index is 0.0707. The molecule has 0 spiro atoms. The highest BCUT2D eigenvalue weighted by atomic mass is 16.6. The lowest BCUT2D eigenvalue weighted by Crippen LogP contribution is -2.30. The first-order chi connectivity index (χ1) is 32.0. The molecule has 0 aromatic carbocycles. The van der Waals surface area contributed by atoms with Gasteiger partial charge in [-0.05, 0) is 64.2 Å². The van der Waals surface area contributed by atoms with Gasteiger partial charge in [0.15, 0.2) is 6.10 Å². The van der Waals surface area contributed by atoms with Crippen molar-refractivity contribution in [3.05, 3.63) is 24.3 Å². The molecule has 0 aliphatic carbocycles. The molecule has 6 heteroatoms. The molecule has 1 atom stereocenters. The van der Waals surface area contributed by atoms with Crippen LogP contribution in [0.5, 0.6) is 0 Å². The maximum atomic E-state index is 12.8. The quantitative estimate of drug-likeness (QED) is 0.0262. The number of allylic oxidation sites excluding steroid dienone is 4. The zero-order valence-electron chi connectivity index (χ0n) is 43.8. The van der Waals surface area contributed by atoms with E-state index < -0.39 is 6.10 Å². The summed E-state index contributed by atoms with van der Waals surface area (Å²) >= 11 is 0. The Morgan fingerprint density at radius 1 is 0.292 bits per heavy atom. The van der Waals surface area contributed by atoms with Crippen LogP contribution in [0.25, 0.3) is 0 Å². The summed E-state index contributed by atoms with van der Waals surface area (Å²) in [5, 5.41) is 0. The van der Waals surface area contributed by atoms with Crippen molar-refractivity contribution < 1.29 is 28.6 Å². The summed E-state index contributed by atoms with van der Waals surface area (Å²) in [6.07, 6.45) is 63.1. The maximum Gasteiger partial charge on any atom is 0.306 e. The lowest BCUT2D eigenvalue weighted by Gasteiger charge is -2.18. The Kier molecular flexibility index (Phi) is 52.7. The van der Waals surface area contributed by atoms with Crippen molar-refractivity contribution in [3.8, 4) is 0 Å². The van der Waals surface area contributed by atoms with Crippen LogP contribution in [0.3, 0.4) is 0 Å². The SMILES string of the molecule is CCCC/C=C\CCCCCCCC(=O)OCC(COC(=O)CCCCCCCCCCC/C=C\CCCCCCCC)OC(=O)CCCCCCCCCCCCCCCCCCC. The number of hydrogen-bond donors (Lipinski definition) is 0. The molecule has 0 aliphatic heterocycles. The monoisotopic (exact) mass is 915 g/mol. The highest BCUT2D eigenvalue weighted by Crippen LogP contribution is 2.17. The Labute approximate surface area is 404 Å². The van der Waals surface area contributed by atoms with Crippen molar-refractivity contribution in [3.63, 3.8) is 0 Å². The highest BCUT2D eigenvalue weighted by Gasteiger charge is 2.19. The number of rotatable bonds is 53. The summed E-state index contributed by atoms with van der Waals surface area (Å²) in [6.45, 7) is 6.64. The lowest BCUT2D eigenvalue weighted by molar-refractivity contribution is -0.167. The average molecular weight is 916 g/mol. The van der Waals surface area contributed by atoms with E-state index in [9.17, 15) is 14.4 Å². The molecule has 0 saturated carbocycles. The zero-order valence-corrected chi connectivity index (χ0v) is 43.8. The van der Waals surface area contributed by atoms with E-state index in [0.717, 1.165) is 64.2 Å². The van der Waals surface area contributed by atoms with Crippen molar-refractivity contribution in [2.24, 2.45) is 0 Å². The first-order valence-electron chi connectivity index (χ1n) is 28.8. The van der Waals surface area contributed by atoms with Gasteiger partial charge in [0.2, 0.25) is 0 Å². The van der Waals surface area contributed by atoms with E-state index in [1.165, 1.54) is 212 Å². The van der Waals surface area contributed by atoms with E-state index in [1.807, 2.05) is 0 Å². The van der Waals surface area contributed by atoms with Crippen LogP contribution < -0.4 is 0 Å². The van der Waals surface area contributed by atoms with Gasteiger partial charge in [0.25, 0.3) is 0 Å². The smallest absolute Gasteiger partial charge is 0.306 e. The predicted molar refractivity (Wildman–Crippen MR) is 279 cm³/mol. The molecule has 0 saturated heterocycles. The minimum Gasteiger partial charge on any atom is -0.462 e. The molecule has 65 heavy (non-hydrogen) atoms. The molecule has 1 unspecified atom stereocenters. The van der Waals surface area contributed by atoms with Crippen LogP contribution in [0.2, 0.25) is 0 Å². The molecule has 0 amide bonds. The summed E-state index contributed by atoms with van der Waals surface area (Å²) in [4.78, 5) is 38.1. The number of carbonyl (C=O) groups is 3. The highest BCUT2D eigenvalue weighted by molar-refractivity contribution is 5.71. The first kappa shape index (κ1) is 62.9. The molecule has 0 fully saturated rings. The Balaban J connectivity index is 4.28. The van der Waals surface area contributed by atoms with Crippen LogP contribution in [-0.4, -0.2) is 37.2 Å². The third kappa shape index (κ3) is 52.7. The van der Waals surface area contributed by atoms with Crippen LogP contribution in [0.4, 0.5) is 0 Å². The molecule has 0 N–H and O–H groups in total. The van der Waals surface area contributed by atoms with Gasteiger partial charge in [-0.15, -0.1) is 0 Å². The van der Waals surface area contributed by atoms with Gasteiger partial charge in [-0.3, -0.25) is 14.4 Å². The Morgan fingerprint density at radius 2 is 0.523 bits per heavy atom. The van der Waals surface area contributed by atoms with E-state index in [4.69, 9.17) is 14.2 Å². The van der Waals surface area contributed by atoms with Crippen LogP contribution >= 0.6 is 0 Å². The summed E-state index contributed by atoms with van der Waals surface area (Å²) in [5.41, 5.74) is 0. The number of esters is 3. The second-order valence-electron chi connectivity index (χ2n) is 19.6. The van der Waals surface area contributed by atoms with Crippen molar-refractivity contribution in [2.45, 2.75) is 322 Å². The lowest BCUT2D eigenvalue weighted by atomic mass is 10.0. The molecule has 0 heterocycles. The Bertz CT molecular complexity index is 1050. The van der Waals surface area contributed by atoms with Gasteiger partial charge in [0, 0.05) is 19.3 Å². The van der Waals surface area contributed by atoms with Gasteiger partial charge in [-0.25, -0.2) is 0 Å². The van der Waals surface area contributed by atoms with Gasteiger partial charge in [0.1, 0.15) is 13.2 Å². The van der Waals surface area contributed by atoms with E-state index in [-0.39, 0.29) is 31.1 Å². The Hall–Kier alpha value is -2.11. The van der Waals surface area contributed by atoms with Crippen molar-refractivity contribution >= 4 is 17.9 Å². The Morgan fingerprint density at radius 3 is 0.815 bits per heavy atom. The maximum absolute atomic E-state index is 12.8. The number of hydrogen-bond acceptors (Lipinski definition) is 6. The molecule has 0 aromatic heterocycles. The van der Waals surface area contributed by atoms with E-state index in [1.54, 1.807) is 0 Å². The van der Waals surface area contributed by atoms with E-state index in [2.05, 4.69) is 45.1 Å². The second kappa shape index (κ2) is 54.5. The molecule has 0 aromatic rings. The summed E-state index contributed by atoms with van der Waals surface area (Å²) in [5.74, 6) is -0.863. The number of unbranched alkanes of at least 4 members (excludes halogenated alkanes) is 38. The van der Waals surface area contributed by atoms with Gasteiger partial charge in [-0.2, -0.15) is 0 Å². The molecule has 6 nitrogen and oxygen atoms in total. The number of ether oxygens (including phenoxy) is 3. The van der Waals surface area contributed by atoms with Crippen LogP contribution in [0.15, 0.2) is 24.3 Å². The third-order valence-electron chi connectivity index (χ3n) is 12.9. The minimum atomic E-state index is -0.771. The summed E-state index contributed by atoms with van der Waals surface area (Å²) in [6, 6.07) is 0. The van der Waals surface area contributed by atoms with Gasteiger partial charge < -0.3 is 14.2 Å². The average Bonchev–Trinajstić information content (AvgIpc) is 3.30. The van der Waals surface area contributed by atoms with Crippen LogP contribution in [0.1, 0.15) is 316 Å². The molecular weight excluding hydrogens is 805 g/mol. The van der Waals surface area contributed by atoms with Crippen molar-refractivity contribution in [2.75, 3.05) is 13.2 Å². The fourth-order valence-electron chi connectivity index (χ4n) is 8.54. The second-order valence-corrected chi connectivity index (χ2v) is 19.6. The molecular formula is C59H110O6. The van der Waals surface area contributed by atoms with Crippen molar-refractivity contribution in [1.29, 1.82) is 0 Å². The molecule has 0 radical (unpaired) electrons. The largest absolute Gasteiger partial charge is 0.462 e. The fraction of sp³-hybridized carbons (Fsp3) is 0.881.